The summed E-state index contributed by atoms with van der Waals surface area (Å²) in [6.45, 7) is 4.75. The molecule has 158 valence electrons. The van der Waals surface area contributed by atoms with E-state index in [0.29, 0.717) is 24.0 Å². The van der Waals surface area contributed by atoms with Gasteiger partial charge in [-0.2, -0.15) is 0 Å². The molecule has 2 N–H and O–H groups in total. The summed E-state index contributed by atoms with van der Waals surface area (Å²) in [5, 5.41) is 8.97. The summed E-state index contributed by atoms with van der Waals surface area (Å²) in [5.74, 6) is 1.51. The van der Waals surface area contributed by atoms with E-state index in [1.807, 2.05) is 43.3 Å². The summed E-state index contributed by atoms with van der Waals surface area (Å²) < 4.78 is 5.49. The molecule has 4 nitrogen and oxygen atoms in total. The lowest BCUT2D eigenvalue weighted by molar-refractivity contribution is 0.102. The zero-order valence-corrected chi connectivity index (χ0v) is 18.5. The predicted octanol–water partition coefficient (Wildman–Crippen LogP) is 6.53. The third-order valence-electron chi connectivity index (χ3n) is 6.25. The van der Waals surface area contributed by atoms with Crippen LogP contribution in [0.4, 0.5) is 11.4 Å². The molecule has 1 aliphatic heterocycles. The summed E-state index contributed by atoms with van der Waals surface area (Å²) in [7, 11) is 0. The van der Waals surface area contributed by atoms with E-state index in [9.17, 15) is 4.79 Å². The van der Waals surface area contributed by atoms with Crippen molar-refractivity contribution in [3.05, 3.63) is 87.6 Å². The van der Waals surface area contributed by atoms with Gasteiger partial charge in [-0.25, -0.2) is 0 Å². The molecule has 2 aromatic carbocycles. The van der Waals surface area contributed by atoms with Gasteiger partial charge in [0.15, 0.2) is 0 Å². The molecule has 1 aliphatic carbocycles. The van der Waals surface area contributed by atoms with Crippen LogP contribution >= 0.6 is 11.3 Å². The number of aryl methyl sites for hydroxylation is 1. The molecule has 3 aromatic rings. The second-order valence-corrected chi connectivity index (χ2v) is 9.07. The number of para-hydroxylation sites is 1. The quantitative estimate of drug-likeness (QED) is 0.452. The summed E-state index contributed by atoms with van der Waals surface area (Å²) >= 11 is 1.80. The largest absolute Gasteiger partial charge is 0.494 e. The van der Waals surface area contributed by atoms with E-state index < -0.39 is 0 Å². The first kappa shape index (κ1) is 19.9. The van der Waals surface area contributed by atoms with E-state index in [-0.39, 0.29) is 11.9 Å². The first-order valence-electron chi connectivity index (χ1n) is 10.8. The number of fused-ring (bicyclic) bond motifs is 3. The van der Waals surface area contributed by atoms with Crippen LogP contribution in [0.15, 0.2) is 66.1 Å². The molecular formula is C26H26N2O2S. The zero-order valence-electron chi connectivity index (χ0n) is 17.7. The van der Waals surface area contributed by atoms with Gasteiger partial charge in [0.1, 0.15) is 5.75 Å². The van der Waals surface area contributed by atoms with Gasteiger partial charge in [-0.3, -0.25) is 4.79 Å². The van der Waals surface area contributed by atoms with E-state index in [0.717, 1.165) is 23.5 Å². The number of benzene rings is 2. The smallest absolute Gasteiger partial charge is 0.257 e. The fourth-order valence-corrected chi connectivity index (χ4v) is 5.83. The number of hydrogen-bond donors (Lipinski definition) is 2. The van der Waals surface area contributed by atoms with E-state index in [4.69, 9.17) is 4.74 Å². The van der Waals surface area contributed by atoms with Gasteiger partial charge >= 0.3 is 0 Å². The van der Waals surface area contributed by atoms with Gasteiger partial charge in [-0.05, 0) is 79.1 Å². The third-order valence-corrected chi connectivity index (χ3v) is 7.35. The van der Waals surface area contributed by atoms with Crippen LogP contribution in [0.25, 0.3) is 0 Å². The Morgan fingerprint density at radius 1 is 1.19 bits per heavy atom. The van der Waals surface area contributed by atoms with Crippen LogP contribution in [-0.4, -0.2) is 12.5 Å². The zero-order chi connectivity index (χ0) is 21.4. The molecule has 0 spiro atoms. The standard InChI is InChI=1S/C26H26N2O2S/c1-3-30-18-12-10-17(11-13-18)27-26(29)22-9-5-7-20-19-6-4-8-21(19)24(28-23(20)22)25-16(2)14-15-31-25/h4-7,9-15,19,21,24,28H,3,8H2,1-2H3,(H,27,29). The maximum absolute atomic E-state index is 13.3. The van der Waals surface area contributed by atoms with Gasteiger partial charge in [0.2, 0.25) is 0 Å². The Morgan fingerprint density at radius 2 is 2.03 bits per heavy atom. The molecule has 0 radical (unpaired) electrons. The third kappa shape index (κ3) is 3.63. The number of anilines is 2. The van der Waals surface area contributed by atoms with Crippen LogP contribution in [0.2, 0.25) is 0 Å². The molecule has 2 aliphatic rings. The maximum atomic E-state index is 13.3. The molecule has 0 fully saturated rings. The van der Waals surface area contributed by atoms with Crippen molar-refractivity contribution in [3.8, 4) is 5.75 Å². The Labute approximate surface area is 187 Å². The number of rotatable bonds is 5. The molecule has 0 saturated carbocycles. The number of carbonyl (C=O) groups excluding carboxylic acids is 1. The minimum Gasteiger partial charge on any atom is -0.494 e. The fourth-order valence-electron chi connectivity index (χ4n) is 4.77. The van der Waals surface area contributed by atoms with E-state index >= 15 is 0 Å². The number of nitrogens with one attached hydrogen (secondary N) is 2. The molecule has 5 heteroatoms. The molecule has 2 heterocycles. The minimum absolute atomic E-state index is 0.101. The minimum atomic E-state index is -0.101. The Morgan fingerprint density at radius 3 is 2.77 bits per heavy atom. The summed E-state index contributed by atoms with van der Waals surface area (Å²) in [6.07, 6.45) is 5.66. The summed E-state index contributed by atoms with van der Waals surface area (Å²) in [4.78, 5) is 14.6. The highest BCUT2D eigenvalue weighted by Gasteiger charge is 2.40. The van der Waals surface area contributed by atoms with Crippen molar-refractivity contribution >= 4 is 28.6 Å². The van der Waals surface area contributed by atoms with Crippen LogP contribution in [0, 0.1) is 12.8 Å². The van der Waals surface area contributed by atoms with Crippen LogP contribution in [0.1, 0.15) is 51.7 Å². The lowest BCUT2D eigenvalue weighted by Gasteiger charge is -2.38. The molecule has 1 aromatic heterocycles. The van der Waals surface area contributed by atoms with E-state index in [1.165, 1.54) is 16.0 Å². The highest BCUT2D eigenvalue weighted by atomic mass is 32.1. The van der Waals surface area contributed by atoms with Crippen LogP contribution in [0.5, 0.6) is 5.75 Å². The van der Waals surface area contributed by atoms with Crippen LogP contribution < -0.4 is 15.4 Å². The van der Waals surface area contributed by atoms with Crippen molar-refractivity contribution in [1.29, 1.82) is 0 Å². The van der Waals surface area contributed by atoms with E-state index in [1.54, 1.807) is 11.3 Å². The number of thiophene rings is 1. The first-order chi connectivity index (χ1) is 15.2. The van der Waals surface area contributed by atoms with Crippen molar-refractivity contribution < 1.29 is 9.53 Å². The molecule has 3 atom stereocenters. The van der Waals surface area contributed by atoms with Crippen molar-refractivity contribution in [3.63, 3.8) is 0 Å². The molecular weight excluding hydrogens is 404 g/mol. The van der Waals surface area contributed by atoms with Crippen molar-refractivity contribution in [2.75, 3.05) is 17.2 Å². The molecule has 0 bridgehead atoms. The predicted molar refractivity (Wildman–Crippen MR) is 127 cm³/mol. The molecule has 3 unspecified atom stereocenters. The Kier molecular flexibility index (Phi) is 5.28. The van der Waals surface area contributed by atoms with Gasteiger partial charge in [-0.1, -0.05) is 24.3 Å². The average molecular weight is 431 g/mol. The highest BCUT2D eigenvalue weighted by Crippen LogP contribution is 2.51. The summed E-state index contributed by atoms with van der Waals surface area (Å²) in [5.41, 5.74) is 4.92. The fraction of sp³-hybridized carbons (Fsp3) is 0.269. The Bertz CT molecular complexity index is 1130. The normalized spacial score (nSPS) is 21.2. The number of amides is 1. The second kappa shape index (κ2) is 8.23. The van der Waals surface area contributed by atoms with Gasteiger partial charge < -0.3 is 15.4 Å². The van der Waals surface area contributed by atoms with Gasteiger partial charge in [0.05, 0.1) is 23.9 Å². The van der Waals surface area contributed by atoms with Gasteiger partial charge in [0, 0.05) is 16.5 Å². The number of hydrogen-bond acceptors (Lipinski definition) is 4. The van der Waals surface area contributed by atoms with Crippen LogP contribution in [0.3, 0.4) is 0 Å². The van der Waals surface area contributed by atoms with Crippen molar-refractivity contribution in [2.45, 2.75) is 32.2 Å². The molecule has 1 amide bonds. The lowest BCUT2D eigenvalue weighted by atomic mass is 9.77. The number of allylic oxidation sites excluding steroid dienone is 2. The second-order valence-electron chi connectivity index (χ2n) is 8.12. The number of carbonyl (C=O) groups is 1. The molecule has 0 saturated heterocycles. The highest BCUT2D eigenvalue weighted by molar-refractivity contribution is 7.10. The average Bonchev–Trinajstić information content (AvgIpc) is 3.44. The number of ether oxygens (including phenoxy) is 1. The Hall–Kier alpha value is -3.05. The SMILES string of the molecule is CCOc1ccc(NC(=O)c2cccc3c2NC(c2sccc2C)C2CC=CC32)cc1. The van der Waals surface area contributed by atoms with E-state index in [2.05, 4.69) is 47.2 Å². The van der Waals surface area contributed by atoms with Gasteiger partial charge in [0.25, 0.3) is 5.91 Å². The first-order valence-corrected chi connectivity index (χ1v) is 11.7. The topological polar surface area (TPSA) is 50.4 Å². The summed E-state index contributed by atoms with van der Waals surface area (Å²) in [6, 6.07) is 16.0. The van der Waals surface area contributed by atoms with Gasteiger partial charge in [-0.15, -0.1) is 11.3 Å². The van der Waals surface area contributed by atoms with Crippen LogP contribution in [-0.2, 0) is 0 Å². The van der Waals surface area contributed by atoms with Crippen molar-refractivity contribution in [1.82, 2.24) is 0 Å². The Balaban J connectivity index is 1.47. The molecule has 5 rings (SSSR count). The maximum Gasteiger partial charge on any atom is 0.257 e. The molecule has 31 heavy (non-hydrogen) atoms. The van der Waals surface area contributed by atoms with Crippen molar-refractivity contribution in [2.24, 2.45) is 5.92 Å². The lowest BCUT2D eigenvalue weighted by Crippen LogP contribution is -2.30. The monoisotopic (exact) mass is 430 g/mol.